The molecule has 1 heterocycles. The van der Waals surface area contributed by atoms with Crippen LogP contribution in [0.4, 0.5) is 17.2 Å². The highest BCUT2D eigenvalue weighted by atomic mass is 16.6. The van der Waals surface area contributed by atoms with Crippen LogP contribution in [0.5, 0.6) is 0 Å². The van der Waals surface area contributed by atoms with Gasteiger partial charge >= 0.3 is 17.9 Å². The Labute approximate surface area is 205 Å². The number of carbonyl (C=O) groups excluding carboxylic acids is 2. The zero-order valence-electron chi connectivity index (χ0n) is 19.6. The molecule has 1 aromatic carbocycles. The first-order chi connectivity index (χ1) is 17.0. The number of hydrogen-bond donors (Lipinski definition) is 4. The van der Waals surface area contributed by atoms with Crippen LogP contribution >= 0.6 is 0 Å². The average Bonchev–Trinajstić information content (AvgIpc) is 2.84. The zero-order valence-corrected chi connectivity index (χ0v) is 19.6. The van der Waals surface area contributed by atoms with Crippen LogP contribution in [0.1, 0.15) is 30.1 Å². The summed E-state index contributed by atoms with van der Waals surface area (Å²) in [5.74, 6) is -3.10. The normalized spacial score (nSPS) is 10.8. The summed E-state index contributed by atoms with van der Waals surface area (Å²) in [6, 6.07) is 7.90. The van der Waals surface area contributed by atoms with Crippen molar-refractivity contribution in [3.63, 3.8) is 0 Å². The van der Waals surface area contributed by atoms with E-state index in [4.69, 9.17) is 20.7 Å². The Bertz CT molecular complexity index is 1080. The van der Waals surface area contributed by atoms with E-state index < -0.39 is 41.2 Å². The van der Waals surface area contributed by atoms with Crippen molar-refractivity contribution in [3.05, 3.63) is 58.3 Å². The van der Waals surface area contributed by atoms with Crippen LogP contribution in [0.2, 0.25) is 0 Å². The number of amides is 1. The molecule has 0 bridgehead atoms. The van der Waals surface area contributed by atoms with Gasteiger partial charge in [0.1, 0.15) is 17.5 Å². The molecule has 36 heavy (non-hydrogen) atoms. The SMILES string of the molecule is CCOC(=O)CCN(C(=O)c1ccc(NC)c([N+](=O)[O-])c1)c1ccccn1.NC(CC(=O)O)C(=O)O. The molecule has 1 aromatic heterocycles. The van der Waals surface area contributed by atoms with E-state index in [0.717, 1.165) is 0 Å². The first-order valence-electron chi connectivity index (χ1n) is 10.6. The summed E-state index contributed by atoms with van der Waals surface area (Å²) in [6.45, 7) is 1.98. The van der Waals surface area contributed by atoms with Gasteiger partial charge in [-0.1, -0.05) is 6.07 Å². The maximum absolute atomic E-state index is 13.0. The maximum atomic E-state index is 13.0. The first-order valence-corrected chi connectivity index (χ1v) is 10.6. The summed E-state index contributed by atoms with van der Waals surface area (Å²) in [5.41, 5.74) is 5.04. The fourth-order valence-corrected chi connectivity index (χ4v) is 2.73. The van der Waals surface area contributed by atoms with Crippen molar-refractivity contribution in [2.45, 2.75) is 25.8 Å². The number of benzene rings is 1. The van der Waals surface area contributed by atoms with Crippen molar-refractivity contribution in [3.8, 4) is 0 Å². The number of ether oxygens (including phenoxy) is 1. The van der Waals surface area contributed by atoms with Crippen LogP contribution in [0.15, 0.2) is 42.6 Å². The van der Waals surface area contributed by atoms with Gasteiger partial charge in [-0.25, -0.2) is 4.98 Å². The van der Waals surface area contributed by atoms with Gasteiger partial charge in [-0.2, -0.15) is 0 Å². The number of rotatable bonds is 11. The van der Waals surface area contributed by atoms with Gasteiger partial charge in [-0.15, -0.1) is 0 Å². The van der Waals surface area contributed by atoms with Gasteiger partial charge in [-0.3, -0.25) is 34.2 Å². The molecule has 1 atom stereocenters. The first kappa shape index (κ1) is 29.4. The summed E-state index contributed by atoms with van der Waals surface area (Å²) in [5, 5.41) is 30.0. The number of nitrogens with two attached hydrogens (primary N) is 1. The number of carboxylic acids is 2. The Morgan fingerprint density at radius 1 is 1.22 bits per heavy atom. The summed E-state index contributed by atoms with van der Waals surface area (Å²) < 4.78 is 4.90. The number of anilines is 2. The molecule has 1 unspecified atom stereocenters. The lowest BCUT2D eigenvalue weighted by Crippen LogP contribution is -2.34. The van der Waals surface area contributed by atoms with Crippen molar-refractivity contribution >= 4 is 41.0 Å². The predicted molar refractivity (Wildman–Crippen MR) is 128 cm³/mol. The van der Waals surface area contributed by atoms with Gasteiger partial charge < -0.3 is 26.0 Å². The summed E-state index contributed by atoms with van der Waals surface area (Å²) in [4.78, 5) is 60.4. The number of nitrogens with zero attached hydrogens (tertiary/aromatic N) is 3. The summed E-state index contributed by atoms with van der Waals surface area (Å²) in [7, 11) is 1.56. The van der Waals surface area contributed by atoms with Crippen molar-refractivity contribution in [2.75, 3.05) is 30.4 Å². The maximum Gasteiger partial charge on any atom is 0.321 e. The monoisotopic (exact) mass is 505 g/mol. The highest BCUT2D eigenvalue weighted by Crippen LogP contribution is 2.26. The van der Waals surface area contributed by atoms with E-state index in [1.54, 1.807) is 32.2 Å². The second-order valence-electron chi connectivity index (χ2n) is 6.98. The average molecular weight is 505 g/mol. The van der Waals surface area contributed by atoms with E-state index in [9.17, 15) is 29.3 Å². The Balaban J connectivity index is 0.000000613. The van der Waals surface area contributed by atoms with Crippen LogP contribution in [-0.2, 0) is 19.1 Å². The lowest BCUT2D eigenvalue weighted by Gasteiger charge is -2.21. The molecular weight excluding hydrogens is 478 g/mol. The van der Waals surface area contributed by atoms with Crippen LogP contribution in [0.3, 0.4) is 0 Å². The van der Waals surface area contributed by atoms with Crippen LogP contribution in [-0.4, -0.2) is 70.2 Å². The van der Waals surface area contributed by atoms with Gasteiger partial charge in [0.05, 0.1) is 24.4 Å². The molecule has 0 saturated carbocycles. The summed E-state index contributed by atoms with van der Waals surface area (Å²) in [6.07, 6.45) is 0.967. The lowest BCUT2D eigenvalue weighted by atomic mass is 10.1. The number of nitro benzene ring substituents is 1. The zero-order chi connectivity index (χ0) is 27.3. The van der Waals surface area contributed by atoms with Crippen LogP contribution < -0.4 is 16.0 Å². The number of hydrogen-bond acceptors (Lipinski definition) is 10. The molecule has 0 aliphatic heterocycles. The Morgan fingerprint density at radius 2 is 1.92 bits per heavy atom. The fraction of sp³-hybridized carbons (Fsp3) is 0.318. The number of aliphatic carboxylic acids is 2. The number of carboxylic acid groups (broad SMARTS) is 2. The van der Waals surface area contributed by atoms with Crippen molar-refractivity contribution in [1.82, 2.24) is 4.98 Å². The minimum Gasteiger partial charge on any atom is -0.481 e. The molecule has 2 aromatic rings. The van der Waals surface area contributed by atoms with E-state index in [1.165, 1.54) is 29.3 Å². The molecule has 0 radical (unpaired) electrons. The quantitative estimate of drug-likeness (QED) is 0.194. The molecular formula is C22H27N5O9. The van der Waals surface area contributed by atoms with Gasteiger partial charge in [0.25, 0.3) is 11.6 Å². The largest absolute Gasteiger partial charge is 0.481 e. The lowest BCUT2D eigenvalue weighted by molar-refractivity contribution is -0.384. The number of esters is 1. The topological polar surface area (TPSA) is 215 Å². The molecule has 14 nitrogen and oxygen atoms in total. The van der Waals surface area contributed by atoms with Crippen LogP contribution in [0.25, 0.3) is 0 Å². The van der Waals surface area contributed by atoms with E-state index in [-0.39, 0.29) is 30.8 Å². The molecule has 0 aliphatic carbocycles. The molecule has 194 valence electrons. The second kappa shape index (κ2) is 14.6. The van der Waals surface area contributed by atoms with Gasteiger partial charge in [0.2, 0.25) is 0 Å². The fourth-order valence-electron chi connectivity index (χ4n) is 2.73. The van der Waals surface area contributed by atoms with Crippen molar-refractivity contribution in [2.24, 2.45) is 5.73 Å². The van der Waals surface area contributed by atoms with Crippen LogP contribution in [0, 0.1) is 10.1 Å². The molecule has 2 rings (SSSR count). The Kier molecular flexibility index (Phi) is 12.0. The molecule has 5 N–H and O–H groups in total. The Hall–Kier alpha value is -4.59. The molecule has 0 fully saturated rings. The van der Waals surface area contributed by atoms with E-state index in [2.05, 4.69) is 10.3 Å². The number of pyridine rings is 1. The number of carbonyl (C=O) groups is 4. The number of nitrogens with one attached hydrogen (secondary N) is 1. The second-order valence-corrected chi connectivity index (χ2v) is 6.98. The number of aromatic nitrogens is 1. The van der Waals surface area contributed by atoms with Gasteiger partial charge in [-0.05, 0) is 31.2 Å². The van der Waals surface area contributed by atoms with Crippen molar-refractivity contribution in [1.29, 1.82) is 0 Å². The highest BCUT2D eigenvalue weighted by Gasteiger charge is 2.23. The molecule has 14 heteroatoms. The van der Waals surface area contributed by atoms with Gasteiger partial charge in [0, 0.05) is 31.4 Å². The van der Waals surface area contributed by atoms with E-state index in [0.29, 0.717) is 11.5 Å². The minimum absolute atomic E-state index is 0.0210. The number of nitro groups is 1. The third-order valence-corrected chi connectivity index (χ3v) is 4.44. The molecule has 0 spiro atoms. The third-order valence-electron chi connectivity index (χ3n) is 4.44. The molecule has 0 aliphatic rings. The standard InChI is InChI=1S/C18H20N4O5.C4H7NO4/c1-3-27-17(23)9-11-21(16-6-4-5-10-20-16)18(24)13-7-8-14(19-2)15(12-13)22(25)26;5-2(4(8)9)1-3(6)7/h4-8,10,12,19H,3,9,11H2,1-2H3;2H,1,5H2,(H,6,7)(H,8,9). The van der Waals surface area contributed by atoms with Crippen molar-refractivity contribution < 1.29 is 39.1 Å². The van der Waals surface area contributed by atoms with E-state index in [1.807, 2.05) is 0 Å². The third kappa shape index (κ3) is 9.34. The Morgan fingerprint density at radius 3 is 2.39 bits per heavy atom. The highest BCUT2D eigenvalue weighted by molar-refractivity contribution is 6.06. The molecule has 0 saturated heterocycles. The molecule has 1 amide bonds. The predicted octanol–water partition coefficient (Wildman–Crippen LogP) is 1.50. The smallest absolute Gasteiger partial charge is 0.321 e. The van der Waals surface area contributed by atoms with E-state index >= 15 is 0 Å². The summed E-state index contributed by atoms with van der Waals surface area (Å²) >= 11 is 0. The minimum atomic E-state index is -1.29. The van der Waals surface area contributed by atoms with Gasteiger partial charge in [0.15, 0.2) is 0 Å².